The van der Waals surface area contributed by atoms with Gasteiger partial charge in [0.2, 0.25) is 11.8 Å². The van der Waals surface area contributed by atoms with Crippen LogP contribution in [0.15, 0.2) is 42.5 Å². The van der Waals surface area contributed by atoms with Crippen molar-refractivity contribution in [1.82, 2.24) is 0 Å². The minimum Gasteiger partial charge on any atom is -0.326 e. The average molecular weight is 363 g/mol. The van der Waals surface area contributed by atoms with Crippen molar-refractivity contribution in [2.45, 2.75) is 13.3 Å². The van der Waals surface area contributed by atoms with Crippen molar-refractivity contribution in [2.24, 2.45) is 5.92 Å². The molecule has 0 radical (unpaired) electrons. The molecule has 2 aromatic carbocycles. The van der Waals surface area contributed by atoms with E-state index in [9.17, 15) is 9.59 Å². The molecule has 4 nitrogen and oxygen atoms in total. The summed E-state index contributed by atoms with van der Waals surface area (Å²) >= 11 is 12.2. The molecule has 1 atom stereocenters. The monoisotopic (exact) mass is 362 g/mol. The molecule has 0 bridgehead atoms. The molecule has 0 aromatic heterocycles. The van der Waals surface area contributed by atoms with E-state index in [1.54, 1.807) is 18.2 Å². The maximum atomic E-state index is 12.5. The van der Waals surface area contributed by atoms with E-state index in [1.807, 2.05) is 31.2 Å². The minimum absolute atomic E-state index is 0.136. The van der Waals surface area contributed by atoms with E-state index < -0.39 is 5.92 Å². The molecule has 1 fully saturated rings. The van der Waals surface area contributed by atoms with Crippen molar-refractivity contribution in [3.63, 3.8) is 0 Å². The first-order chi connectivity index (χ1) is 11.4. The van der Waals surface area contributed by atoms with E-state index in [2.05, 4.69) is 5.32 Å². The first-order valence-electron chi connectivity index (χ1n) is 7.57. The van der Waals surface area contributed by atoms with Gasteiger partial charge in [-0.2, -0.15) is 0 Å². The Labute approximate surface area is 150 Å². The number of benzene rings is 2. The molecule has 3 rings (SSSR count). The second kappa shape index (κ2) is 6.83. The van der Waals surface area contributed by atoms with Gasteiger partial charge >= 0.3 is 0 Å². The van der Waals surface area contributed by atoms with Gasteiger partial charge in [-0.25, -0.2) is 0 Å². The van der Waals surface area contributed by atoms with Gasteiger partial charge in [0.05, 0.1) is 16.6 Å². The van der Waals surface area contributed by atoms with E-state index in [0.29, 0.717) is 15.7 Å². The van der Waals surface area contributed by atoms with Crippen molar-refractivity contribution >= 4 is 46.4 Å². The first kappa shape index (κ1) is 16.8. The number of nitrogens with zero attached hydrogens (tertiary/aromatic N) is 1. The van der Waals surface area contributed by atoms with Gasteiger partial charge in [0.15, 0.2) is 0 Å². The van der Waals surface area contributed by atoms with E-state index in [0.717, 1.165) is 11.3 Å². The molecule has 0 spiro atoms. The van der Waals surface area contributed by atoms with Gasteiger partial charge in [-0.3, -0.25) is 9.59 Å². The summed E-state index contributed by atoms with van der Waals surface area (Å²) in [6, 6.07) is 12.5. The lowest BCUT2D eigenvalue weighted by atomic mass is 10.1. The lowest BCUT2D eigenvalue weighted by molar-refractivity contribution is -0.122. The lowest BCUT2D eigenvalue weighted by Gasteiger charge is -2.18. The lowest BCUT2D eigenvalue weighted by Crippen LogP contribution is -2.28. The van der Waals surface area contributed by atoms with E-state index >= 15 is 0 Å². The van der Waals surface area contributed by atoms with Crippen LogP contribution < -0.4 is 10.2 Å². The van der Waals surface area contributed by atoms with Gasteiger partial charge in [-0.15, -0.1) is 0 Å². The molecular weight excluding hydrogens is 347 g/mol. The standard InChI is InChI=1S/C18H16Cl2N2O2/c1-11-3-2-4-14(7-11)21-18(24)12-8-17(23)22(10-12)16-9-13(19)5-6-15(16)20/h2-7,9,12H,8,10H2,1H3,(H,21,24). The average Bonchev–Trinajstić information content (AvgIpc) is 2.92. The Morgan fingerprint density at radius 1 is 1.21 bits per heavy atom. The zero-order valence-corrected chi connectivity index (χ0v) is 14.6. The van der Waals surface area contributed by atoms with Crippen molar-refractivity contribution < 1.29 is 9.59 Å². The van der Waals surface area contributed by atoms with Gasteiger partial charge < -0.3 is 10.2 Å². The number of amides is 2. The van der Waals surface area contributed by atoms with Gasteiger partial charge in [-0.05, 0) is 42.8 Å². The Kier molecular flexibility index (Phi) is 4.78. The SMILES string of the molecule is Cc1cccc(NC(=O)C2CC(=O)N(c3cc(Cl)ccc3Cl)C2)c1. The van der Waals surface area contributed by atoms with Crippen molar-refractivity contribution in [3.05, 3.63) is 58.1 Å². The Morgan fingerprint density at radius 3 is 2.75 bits per heavy atom. The molecule has 124 valence electrons. The number of halogens is 2. The summed E-state index contributed by atoms with van der Waals surface area (Å²) in [5.41, 5.74) is 2.33. The number of aryl methyl sites for hydroxylation is 1. The first-order valence-corrected chi connectivity index (χ1v) is 8.32. The summed E-state index contributed by atoms with van der Waals surface area (Å²) < 4.78 is 0. The summed E-state index contributed by atoms with van der Waals surface area (Å²) in [5.74, 6) is -0.730. The highest BCUT2D eigenvalue weighted by atomic mass is 35.5. The third kappa shape index (κ3) is 3.55. The fourth-order valence-corrected chi connectivity index (χ4v) is 3.16. The molecule has 24 heavy (non-hydrogen) atoms. The Hall–Kier alpha value is -2.04. The molecule has 2 aromatic rings. The molecule has 1 aliphatic heterocycles. The number of carbonyl (C=O) groups excluding carboxylic acids is 2. The molecule has 1 N–H and O–H groups in total. The van der Waals surface area contributed by atoms with Crippen LogP contribution in [0.5, 0.6) is 0 Å². The van der Waals surface area contributed by atoms with Crippen molar-refractivity contribution in [3.8, 4) is 0 Å². The van der Waals surface area contributed by atoms with E-state index in [-0.39, 0.29) is 24.8 Å². The smallest absolute Gasteiger partial charge is 0.229 e. The molecule has 1 saturated heterocycles. The normalized spacial score (nSPS) is 17.2. The third-order valence-corrected chi connectivity index (χ3v) is 4.54. The van der Waals surface area contributed by atoms with Gasteiger partial charge in [0, 0.05) is 23.7 Å². The molecule has 1 heterocycles. The Morgan fingerprint density at radius 2 is 2.00 bits per heavy atom. The largest absolute Gasteiger partial charge is 0.326 e. The summed E-state index contributed by atoms with van der Waals surface area (Å²) in [6.45, 7) is 2.24. The highest BCUT2D eigenvalue weighted by Gasteiger charge is 2.36. The van der Waals surface area contributed by atoms with Crippen LogP contribution in [0.25, 0.3) is 0 Å². The van der Waals surface area contributed by atoms with E-state index in [4.69, 9.17) is 23.2 Å². The highest BCUT2D eigenvalue weighted by Crippen LogP contribution is 2.33. The maximum absolute atomic E-state index is 12.5. The second-order valence-electron chi connectivity index (χ2n) is 5.86. The fourth-order valence-electron chi connectivity index (χ4n) is 2.78. The number of hydrogen-bond donors (Lipinski definition) is 1. The summed E-state index contributed by atoms with van der Waals surface area (Å²) in [7, 11) is 0. The second-order valence-corrected chi connectivity index (χ2v) is 6.70. The van der Waals surface area contributed by atoms with Crippen LogP contribution in [0, 0.1) is 12.8 Å². The van der Waals surface area contributed by atoms with Crippen LogP contribution >= 0.6 is 23.2 Å². The van der Waals surface area contributed by atoms with Crippen LogP contribution in [-0.2, 0) is 9.59 Å². The number of nitrogens with one attached hydrogen (secondary N) is 1. The fraction of sp³-hybridized carbons (Fsp3) is 0.222. The topological polar surface area (TPSA) is 49.4 Å². The highest BCUT2D eigenvalue weighted by molar-refractivity contribution is 6.36. The van der Waals surface area contributed by atoms with Crippen molar-refractivity contribution in [1.29, 1.82) is 0 Å². The van der Waals surface area contributed by atoms with Crippen LogP contribution in [-0.4, -0.2) is 18.4 Å². The molecule has 1 aliphatic rings. The third-order valence-electron chi connectivity index (χ3n) is 3.98. The van der Waals surface area contributed by atoms with Crippen LogP contribution in [0.1, 0.15) is 12.0 Å². The summed E-state index contributed by atoms with van der Waals surface area (Å²) in [4.78, 5) is 26.3. The Balaban J connectivity index is 1.74. The number of carbonyl (C=O) groups is 2. The van der Waals surface area contributed by atoms with Crippen LogP contribution in [0.3, 0.4) is 0 Å². The van der Waals surface area contributed by atoms with Gasteiger partial charge in [0.25, 0.3) is 0 Å². The number of hydrogen-bond acceptors (Lipinski definition) is 2. The maximum Gasteiger partial charge on any atom is 0.229 e. The van der Waals surface area contributed by atoms with Crippen molar-refractivity contribution in [2.75, 3.05) is 16.8 Å². The molecule has 0 aliphatic carbocycles. The zero-order chi connectivity index (χ0) is 17.3. The Bertz CT molecular complexity index is 807. The van der Waals surface area contributed by atoms with Crippen LogP contribution in [0.2, 0.25) is 10.0 Å². The zero-order valence-electron chi connectivity index (χ0n) is 13.1. The van der Waals surface area contributed by atoms with Gasteiger partial charge in [0.1, 0.15) is 0 Å². The molecule has 1 unspecified atom stereocenters. The molecule has 0 saturated carbocycles. The summed E-state index contributed by atoms with van der Waals surface area (Å²) in [5, 5.41) is 3.80. The molecular formula is C18H16Cl2N2O2. The predicted octanol–water partition coefficient (Wildman–Crippen LogP) is 4.29. The predicted molar refractivity (Wildman–Crippen MR) is 96.7 cm³/mol. The number of anilines is 2. The molecule has 2 amide bonds. The quantitative estimate of drug-likeness (QED) is 0.884. The van der Waals surface area contributed by atoms with Gasteiger partial charge in [-0.1, -0.05) is 35.3 Å². The minimum atomic E-state index is -0.423. The van der Waals surface area contributed by atoms with E-state index in [1.165, 1.54) is 4.90 Å². The summed E-state index contributed by atoms with van der Waals surface area (Å²) in [6.07, 6.45) is 0.153. The number of rotatable bonds is 3. The van der Waals surface area contributed by atoms with Crippen LogP contribution in [0.4, 0.5) is 11.4 Å². The molecule has 6 heteroatoms.